The molecule has 2 aromatic carbocycles. The lowest BCUT2D eigenvalue weighted by molar-refractivity contribution is -0.138. The van der Waals surface area contributed by atoms with Crippen LogP contribution in [0.1, 0.15) is 64.1 Å². The van der Waals surface area contributed by atoms with Crippen molar-refractivity contribution in [2.75, 3.05) is 24.7 Å². The van der Waals surface area contributed by atoms with Crippen molar-refractivity contribution in [2.45, 2.75) is 44.9 Å². The predicted molar refractivity (Wildman–Crippen MR) is 135 cm³/mol. The summed E-state index contributed by atoms with van der Waals surface area (Å²) < 4.78 is 49.7. The highest BCUT2D eigenvalue weighted by Gasteiger charge is 2.41. The number of carbonyl (C=O) groups is 1. The minimum Gasteiger partial charge on any atom is -0.381 e. The Hall–Kier alpha value is -3.24. The largest absolute Gasteiger partial charge is 0.416 e. The molecule has 1 saturated carbocycles. The third kappa shape index (κ3) is 4.60. The van der Waals surface area contributed by atoms with E-state index in [0.29, 0.717) is 24.5 Å². The number of fused-ring (bicyclic) bond motifs is 1. The average Bonchev–Trinajstić information content (AvgIpc) is 3.27. The van der Waals surface area contributed by atoms with E-state index in [9.17, 15) is 18.0 Å². The second kappa shape index (κ2) is 9.20. The van der Waals surface area contributed by atoms with Gasteiger partial charge in [-0.1, -0.05) is 19.1 Å². The lowest BCUT2D eigenvalue weighted by Crippen LogP contribution is -2.35. The lowest BCUT2D eigenvalue weighted by atomic mass is 9.83. The number of nitrogens with zero attached hydrogens (tertiary/aromatic N) is 4. The van der Waals surface area contributed by atoms with Crippen LogP contribution in [0.4, 0.5) is 18.9 Å². The summed E-state index contributed by atoms with van der Waals surface area (Å²) in [5, 5.41) is 11.6. The van der Waals surface area contributed by atoms with Gasteiger partial charge in [0.15, 0.2) is 0 Å². The van der Waals surface area contributed by atoms with Crippen molar-refractivity contribution in [2.24, 2.45) is 18.4 Å². The number of hydrogen-bond donors (Lipinski definition) is 1. The van der Waals surface area contributed by atoms with E-state index < -0.39 is 17.6 Å². The molecule has 1 aromatic heterocycles. The molecule has 2 fully saturated rings. The van der Waals surface area contributed by atoms with Gasteiger partial charge in [-0.05, 0) is 59.2 Å². The van der Waals surface area contributed by atoms with Gasteiger partial charge in [-0.25, -0.2) is 0 Å². The van der Waals surface area contributed by atoms with Gasteiger partial charge in [0.25, 0.3) is 5.91 Å². The van der Waals surface area contributed by atoms with Crippen LogP contribution in [0.5, 0.6) is 0 Å². The van der Waals surface area contributed by atoms with Crippen LogP contribution in [0.3, 0.4) is 0 Å². The van der Waals surface area contributed by atoms with E-state index in [4.69, 9.17) is 4.74 Å². The molecule has 7 nitrogen and oxygen atoms in total. The highest BCUT2D eigenvalue weighted by molar-refractivity contribution is 6.10. The van der Waals surface area contributed by atoms with Gasteiger partial charge in [0.1, 0.15) is 12.2 Å². The number of nitrogens with one attached hydrogen (secondary N) is 1. The molecule has 38 heavy (non-hydrogen) atoms. The van der Waals surface area contributed by atoms with E-state index in [0.717, 1.165) is 30.8 Å². The number of benzene rings is 2. The van der Waals surface area contributed by atoms with E-state index in [1.165, 1.54) is 11.0 Å². The molecule has 1 saturated heterocycles. The van der Waals surface area contributed by atoms with Crippen molar-refractivity contribution in [3.63, 3.8) is 0 Å². The fraction of sp³-hybridized carbons (Fsp3) is 0.464. The Morgan fingerprint density at radius 1 is 1.21 bits per heavy atom. The number of alkyl halides is 3. The van der Waals surface area contributed by atoms with E-state index in [1.807, 2.05) is 29.8 Å². The summed E-state index contributed by atoms with van der Waals surface area (Å²) in [5.74, 6) is 0.460. The van der Waals surface area contributed by atoms with E-state index >= 15 is 0 Å². The van der Waals surface area contributed by atoms with Crippen LogP contribution in [0.15, 0.2) is 42.7 Å². The molecule has 0 bridgehead atoms. The maximum atomic E-state index is 14.1. The molecule has 3 aliphatic rings. The van der Waals surface area contributed by atoms with Gasteiger partial charge < -0.3 is 19.5 Å². The van der Waals surface area contributed by atoms with Crippen LogP contribution in [-0.2, 0) is 31.1 Å². The Balaban J connectivity index is 1.31. The summed E-state index contributed by atoms with van der Waals surface area (Å²) in [4.78, 5) is 15.0. The number of aryl methyl sites for hydroxylation is 1. The Kier molecular flexibility index (Phi) is 6.07. The molecule has 1 N–H and O–H groups in total. The van der Waals surface area contributed by atoms with E-state index in [-0.39, 0.29) is 41.5 Å². The summed E-state index contributed by atoms with van der Waals surface area (Å²) in [7, 11) is 1.88. The van der Waals surface area contributed by atoms with Crippen LogP contribution >= 0.6 is 0 Å². The maximum Gasteiger partial charge on any atom is 0.416 e. The third-order valence-corrected chi connectivity index (χ3v) is 8.09. The van der Waals surface area contributed by atoms with Crippen molar-refractivity contribution >= 4 is 11.6 Å². The van der Waals surface area contributed by atoms with Crippen molar-refractivity contribution in [3.05, 3.63) is 76.4 Å². The standard InChI is InChI=1S/C28H30F3N5O2/c1-27(6-7-27)15-32-11-17-8-21-22(23(9-17)28(29,30)31)12-36(26(21)37)20-5-3-4-18(10-20)24(19-13-38-14-19)25-34-33-16-35(25)2/h3-5,8-10,16,19,24,32H,6-7,11-15H2,1-2H3. The highest BCUT2D eigenvalue weighted by Crippen LogP contribution is 2.44. The fourth-order valence-electron chi connectivity index (χ4n) is 5.47. The van der Waals surface area contributed by atoms with E-state index in [2.05, 4.69) is 22.4 Å². The molecular weight excluding hydrogens is 495 g/mol. The average molecular weight is 526 g/mol. The van der Waals surface area contributed by atoms with Crippen LogP contribution in [-0.4, -0.2) is 40.4 Å². The first kappa shape index (κ1) is 25.1. The maximum absolute atomic E-state index is 14.1. The number of aromatic nitrogens is 3. The predicted octanol–water partition coefficient (Wildman–Crippen LogP) is 4.66. The Labute approximate surface area is 219 Å². The first-order chi connectivity index (χ1) is 18.1. The summed E-state index contributed by atoms with van der Waals surface area (Å²) in [6, 6.07) is 10.3. The summed E-state index contributed by atoms with van der Waals surface area (Å²) >= 11 is 0. The molecule has 0 spiro atoms. The second-order valence-electron chi connectivity index (χ2n) is 11.1. The molecule has 2 aliphatic heterocycles. The molecule has 1 atom stereocenters. The smallest absolute Gasteiger partial charge is 0.381 e. The summed E-state index contributed by atoms with van der Waals surface area (Å²) in [5.41, 5.74) is 1.60. The lowest BCUT2D eigenvalue weighted by Gasteiger charge is -2.33. The van der Waals surface area contributed by atoms with Crippen molar-refractivity contribution < 1.29 is 22.7 Å². The fourth-order valence-corrected chi connectivity index (χ4v) is 5.47. The molecule has 200 valence electrons. The Morgan fingerprint density at radius 2 is 2.00 bits per heavy atom. The van der Waals surface area contributed by atoms with Crippen molar-refractivity contribution in [1.29, 1.82) is 0 Å². The van der Waals surface area contributed by atoms with Crippen LogP contribution in [0.25, 0.3) is 0 Å². The molecule has 6 rings (SSSR count). The first-order valence-electron chi connectivity index (χ1n) is 12.9. The van der Waals surface area contributed by atoms with Gasteiger partial charge in [0.05, 0.1) is 31.2 Å². The van der Waals surface area contributed by atoms with Crippen LogP contribution in [0, 0.1) is 11.3 Å². The van der Waals surface area contributed by atoms with Gasteiger partial charge in [0.2, 0.25) is 0 Å². The zero-order valence-electron chi connectivity index (χ0n) is 21.4. The van der Waals surface area contributed by atoms with Crippen molar-refractivity contribution in [1.82, 2.24) is 20.1 Å². The molecule has 1 unspecified atom stereocenters. The SMILES string of the molecule is Cn1cnnc1C(c1cccc(N2Cc3c(cc(CNCC4(C)CC4)cc3C(F)(F)F)C2=O)c1)C1COC1. The number of carbonyl (C=O) groups excluding carboxylic acids is 1. The van der Waals surface area contributed by atoms with Gasteiger partial charge >= 0.3 is 6.18 Å². The van der Waals surface area contributed by atoms with Gasteiger partial charge in [-0.15, -0.1) is 10.2 Å². The zero-order valence-corrected chi connectivity index (χ0v) is 21.4. The number of hydrogen-bond acceptors (Lipinski definition) is 5. The van der Waals surface area contributed by atoms with Gasteiger partial charge in [-0.3, -0.25) is 4.79 Å². The quantitative estimate of drug-likeness (QED) is 0.463. The molecular formula is C28H30F3N5O2. The molecule has 3 heterocycles. The second-order valence-corrected chi connectivity index (χ2v) is 11.1. The molecule has 0 radical (unpaired) electrons. The number of ether oxygens (including phenoxy) is 1. The monoisotopic (exact) mass is 525 g/mol. The topological polar surface area (TPSA) is 72.3 Å². The third-order valence-electron chi connectivity index (χ3n) is 8.09. The molecule has 3 aromatic rings. The Bertz CT molecular complexity index is 1380. The first-order valence-corrected chi connectivity index (χ1v) is 12.9. The number of anilines is 1. The summed E-state index contributed by atoms with van der Waals surface area (Å²) in [6.45, 7) is 4.24. The number of rotatable bonds is 8. The number of halogens is 3. The van der Waals surface area contributed by atoms with Crippen molar-refractivity contribution in [3.8, 4) is 0 Å². The molecule has 1 amide bonds. The number of amides is 1. The van der Waals surface area contributed by atoms with Crippen LogP contribution in [0.2, 0.25) is 0 Å². The minimum absolute atomic E-state index is 0.0306. The van der Waals surface area contributed by atoms with Gasteiger partial charge in [-0.2, -0.15) is 13.2 Å². The van der Waals surface area contributed by atoms with E-state index in [1.54, 1.807) is 18.5 Å². The highest BCUT2D eigenvalue weighted by atomic mass is 19.4. The molecule has 1 aliphatic carbocycles. The minimum atomic E-state index is -4.55. The van der Waals surface area contributed by atoms with Gasteiger partial charge in [0, 0.05) is 37.3 Å². The molecule has 10 heteroatoms. The van der Waals surface area contributed by atoms with Crippen LogP contribution < -0.4 is 10.2 Å². The zero-order chi connectivity index (χ0) is 26.7. The Morgan fingerprint density at radius 3 is 2.63 bits per heavy atom. The summed E-state index contributed by atoms with van der Waals surface area (Å²) in [6.07, 6.45) is -0.671. The normalized spacial score (nSPS) is 19.4.